The zero-order valence-corrected chi connectivity index (χ0v) is 15.6. The van der Waals surface area contributed by atoms with E-state index in [1.807, 2.05) is 0 Å². The summed E-state index contributed by atoms with van der Waals surface area (Å²) in [6.45, 7) is 1.24. The zero-order valence-electron chi connectivity index (χ0n) is 15.6. The average molecular weight is 390 g/mol. The van der Waals surface area contributed by atoms with E-state index in [4.69, 9.17) is 0 Å². The second-order valence-electron chi connectivity index (χ2n) is 7.20. The van der Waals surface area contributed by atoms with Crippen molar-refractivity contribution in [3.8, 4) is 0 Å². The summed E-state index contributed by atoms with van der Waals surface area (Å²) in [4.78, 5) is 49.2. The summed E-state index contributed by atoms with van der Waals surface area (Å²) in [5, 5.41) is 7.70. The van der Waals surface area contributed by atoms with E-state index in [1.54, 1.807) is 0 Å². The molecule has 1 aromatic rings. The number of amides is 5. The molecule has 2 fully saturated rings. The molecule has 28 heavy (non-hydrogen) atoms. The number of halogens is 1. The van der Waals surface area contributed by atoms with Gasteiger partial charge in [-0.05, 0) is 31.0 Å². The molecule has 1 aliphatic heterocycles. The van der Waals surface area contributed by atoms with Gasteiger partial charge in [0.1, 0.15) is 11.4 Å². The number of carbonyl (C=O) groups excluding carboxylic acids is 4. The van der Waals surface area contributed by atoms with Crippen LogP contribution >= 0.6 is 0 Å². The monoisotopic (exact) mass is 390 g/mol. The van der Waals surface area contributed by atoms with Crippen LogP contribution in [0.5, 0.6) is 0 Å². The quantitative estimate of drug-likeness (QED) is 0.671. The molecular weight excluding hydrogens is 367 g/mol. The Morgan fingerprint density at radius 3 is 2.57 bits per heavy atom. The molecule has 150 valence electrons. The first-order valence-electron chi connectivity index (χ1n) is 9.32. The second-order valence-corrected chi connectivity index (χ2v) is 7.20. The number of anilines is 2. The fourth-order valence-electron chi connectivity index (χ4n) is 3.70. The van der Waals surface area contributed by atoms with Gasteiger partial charge in [-0.15, -0.1) is 0 Å². The molecule has 9 heteroatoms. The number of urea groups is 1. The van der Waals surface area contributed by atoms with E-state index in [1.165, 1.54) is 19.1 Å². The summed E-state index contributed by atoms with van der Waals surface area (Å²) < 4.78 is 13.9. The van der Waals surface area contributed by atoms with E-state index in [-0.39, 0.29) is 30.5 Å². The molecule has 2 aliphatic rings. The highest BCUT2D eigenvalue weighted by molar-refractivity contribution is 6.07. The Kier molecular flexibility index (Phi) is 5.62. The first-order chi connectivity index (χ1) is 13.3. The fourth-order valence-corrected chi connectivity index (χ4v) is 3.70. The number of benzene rings is 1. The Labute approximate surface area is 161 Å². The third-order valence-electron chi connectivity index (χ3n) is 5.08. The number of hydrogen-bond donors (Lipinski definition) is 3. The van der Waals surface area contributed by atoms with Crippen molar-refractivity contribution in [2.75, 3.05) is 17.2 Å². The molecule has 5 amide bonds. The molecule has 0 unspecified atom stereocenters. The van der Waals surface area contributed by atoms with Crippen molar-refractivity contribution >= 4 is 35.1 Å². The van der Waals surface area contributed by atoms with Crippen LogP contribution in [0.15, 0.2) is 18.2 Å². The topological polar surface area (TPSA) is 108 Å². The standard InChI is InChI=1S/C19H23FN4O4/c1-12(25)21-13-5-6-14(20)15(11-13)22-16(26)7-10-24-17(27)19(23-18(24)28)8-3-2-4-9-19/h5-6,11H,2-4,7-10H2,1H3,(H,21,25)(H,22,26)(H,23,28). The van der Waals surface area contributed by atoms with E-state index in [0.717, 1.165) is 30.2 Å². The average Bonchev–Trinajstić information content (AvgIpc) is 2.86. The SMILES string of the molecule is CC(=O)Nc1ccc(F)c(NC(=O)CCN2C(=O)NC3(CCCCC3)C2=O)c1. The van der Waals surface area contributed by atoms with Crippen molar-refractivity contribution < 1.29 is 23.6 Å². The van der Waals surface area contributed by atoms with E-state index < -0.39 is 23.3 Å². The Morgan fingerprint density at radius 1 is 1.18 bits per heavy atom. The number of carbonyl (C=O) groups is 4. The Hall–Kier alpha value is -2.97. The third kappa shape index (κ3) is 4.13. The minimum atomic E-state index is -0.829. The van der Waals surface area contributed by atoms with Gasteiger partial charge in [0.05, 0.1) is 5.69 Å². The molecule has 1 aromatic carbocycles. The number of nitrogens with zero attached hydrogens (tertiary/aromatic N) is 1. The van der Waals surface area contributed by atoms with Gasteiger partial charge in [0, 0.05) is 25.6 Å². The van der Waals surface area contributed by atoms with E-state index >= 15 is 0 Å². The predicted molar refractivity (Wildman–Crippen MR) is 100 cm³/mol. The molecule has 1 saturated heterocycles. The van der Waals surface area contributed by atoms with Crippen LogP contribution < -0.4 is 16.0 Å². The molecule has 1 spiro atoms. The highest BCUT2D eigenvalue weighted by atomic mass is 19.1. The van der Waals surface area contributed by atoms with Gasteiger partial charge in [-0.25, -0.2) is 9.18 Å². The van der Waals surface area contributed by atoms with Crippen molar-refractivity contribution in [2.24, 2.45) is 0 Å². The Morgan fingerprint density at radius 2 is 1.89 bits per heavy atom. The van der Waals surface area contributed by atoms with Crippen LogP contribution in [-0.2, 0) is 14.4 Å². The third-order valence-corrected chi connectivity index (χ3v) is 5.08. The molecule has 8 nitrogen and oxygen atoms in total. The molecule has 0 radical (unpaired) electrons. The molecule has 1 saturated carbocycles. The van der Waals surface area contributed by atoms with Gasteiger partial charge in [-0.3, -0.25) is 19.3 Å². The lowest BCUT2D eigenvalue weighted by Gasteiger charge is -2.30. The smallest absolute Gasteiger partial charge is 0.325 e. The number of hydrogen-bond acceptors (Lipinski definition) is 4. The largest absolute Gasteiger partial charge is 0.326 e. The minimum Gasteiger partial charge on any atom is -0.326 e. The Bertz CT molecular complexity index is 820. The molecular formula is C19H23FN4O4. The lowest BCUT2D eigenvalue weighted by atomic mass is 9.82. The van der Waals surface area contributed by atoms with Gasteiger partial charge in [-0.2, -0.15) is 0 Å². The normalized spacial score (nSPS) is 18.1. The maximum Gasteiger partial charge on any atom is 0.325 e. The van der Waals surface area contributed by atoms with Gasteiger partial charge in [0.15, 0.2) is 0 Å². The van der Waals surface area contributed by atoms with Crippen LogP contribution in [0.25, 0.3) is 0 Å². The van der Waals surface area contributed by atoms with Crippen molar-refractivity contribution in [1.82, 2.24) is 10.2 Å². The van der Waals surface area contributed by atoms with Gasteiger partial charge < -0.3 is 16.0 Å². The van der Waals surface area contributed by atoms with Crippen LogP contribution in [0.1, 0.15) is 45.4 Å². The molecule has 1 aliphatic carbocycles. The molecule has 0 bridgehead atoms. The summed E-state index contributed by atoms with van der Waals surface area (Å²) in [6, 6.07) is 3.33. The van der Waals surface area contributed by atoms with Crippen molar-refractivity contribution in [3.63, 3.8) is 0 Å². The van der Waals surface area contributed by atoms with Crippen LogP contribution in [0.3, 0.4) is 0 Å². The molecule has 3 N–H and O–H groups in total. The molecule has 1 heterocycles. The minimum absolute atomic E-state index is 0.0781. The van der Waals surface area contributed by atoms with Crippen LogP contribution in [0.4, 0.5) is 20.6 Å². The number of nitrogens with one attached hydrogen (secondary N) is 3. The molecule has 0 atom stereocenters. The summed E-state index contributed by atoms with van der Waals surface area (Å²) in [6.07, 6.45) is 3.87. The van der Waals surface area contributed by atoms with Gasteiger partial charge in [0.25, 0.3) is 5.91 Å². The van der Waals surface area contributed by atoms with Crippen LogP contribution in [0, 0.1) is 5.82 Å². The second kappa shape index (κ2) is 7.95. The first kappa shape index (κ1) is 19.8. The zero-order chi connectivity index (χ0) is 20.3. The lowest BCUT2D eigenvalue weighted by molar-refractivity contribution is -0.132. The van der Waals surface area contributed by atoms with Crippen molar-refractivity contribution in [3.05, 3.63) is 24.0 Å². The van der Waals surface area contributed by atoms with Crippen molar-refractivity contribution in [1.29, 1.82) is 0 Å². The Balaban J connectivity index is 1.59. The van der Waals surface area contributed by atoms with Crippen LogP contribution in [-0.4, -0.2) is 40.7 Å². The van der Waals surface area contributed by atoms with E-state index in [2.05, 4.69) is 16.0 Å². The van der Waals surface area contributed by atoms with E-state index in [0.29, 0.717) is 18.5 Å². The summed E-state index contributed by atoms with van der Waals surface area (Å²) in [5.41, 5.74) is -0.570. The highest BCUT2D eigenvalue weighted by Crippen LogP contribution is 2.33. The maximum absolute atomic E-state index is 13.9. The van der Waals surface area contributed by atoms with Gasteiger partial charge >= 0.3 is 6.03 Å². The molecule has 0 aromatic heterocycles. The summed E-state index contributed by atoms with van der Waals surface area (Å²) >= 11 is 0. The van der Waals surface area contributed by atoms with Crippen molar-refractivity contribution in [2.45, 2.75) is 51.0 Å². The fraction of sp³-hybridized carbons (Fsp3) is 0.474. The number of rotatable bonds is 5. The highest BCUT2D eigenvalue weighted by Gasteiger charge is 2.51. The van der Waals surface area contributed by atoms with Crippen LogP contribution in [0.2, 0.25) is 0 Å². The lowest BCUT2D eigenvalue weighted by Crippen LogP contribution is -2.48. The summed E-state index contributed by atoms with van der Waals surface area (Å²) in [5.74, 6) is -1.80. The van der Waals surface area contributed by atoms with Gasteiger partial charge in [-0.1, -0.05) is 19.3 Å². The van der Waals surface area contributed by atoms with Gasteiger partial charge in [0.2, 0.25) is 11.8 Å². The van der Waals surface area contributed by atoms with E-state index in [9.17, 15) is 23.6 Å². The number of imide groups is 1. The predicted octanol–water partition coefficient (Wildman–Crippen LogP) is 2.37. The first-order valence-corrected chi connectivity index (χ1v) is 9.32. The summed E-state index contributed by atoms with van der Waals surface area (Å²) in [7, 11) is 0. The maximum atomic E-state index is 13.9. The molecule has 3 rings (SSSR count).